The highest BCUT2D eigenvalue weighted by Gasteiger charge is 2.15. The van der Waals surface area contributed by atoms with Crippen molar-refractivity contribution >= 4 is 15.7 Å². The molecule has 0 unspecified atom stereocenters. The molecule has 0 bridgehead atoms. The van der Waals surface area contributed by atoms with E-state index in [1.54, 1.807) is 0 Å². The molecule has 0 radical (unpaired) electrons. The molecule has 0 fully saturated rings. The molecule has 2 aromatic carbocycles. The Morgan fingerprint density at radius 1 is 1.10 bits per heavy atom. The third-order valence-electron chi connectivity index (χ3n) is 3.07. The van der Waals surface area contributed by atoms with Crippen molar-refractivity contribution < 1.29 is 13.3 Å². The summed E-state index contributed by atoms with van der Waals surface area (Å²) >= 11 is 0. The molecule has 0 aromatic heterocycles. The average molecular weight is 306 g/mol. The first kappa shape index (κ1) is 15.1. The predicted molar refractivity (Wildman–Crippen MR) is 78.3 cm³/mol. The van der Waals surface area contributed by atoms with Crippen molar-refractivity contribution in [1.29, 1.82) is 0 Å². The fraction of sp³-hybridized carbons (Fsp3) is 0.143. The highest BCUT2D eigenvalue weighted by Crippen LogP contribution is 2.16. The molecule has 0 amide bonds. The maximum Gasteiger partial charge on any atom is 0.269 e. The number of sulfonamides is 1. The van der Waals surface area contributed by atoms with Gasteiger partial charge in [-0.2, -0.15) is 0 Å². The van der Waals surface area contributed by atoms with Gasteiger partial charge in [-0.05, 0) is 30.2 Å². The van der Waals surface area contributed by atoms with E-state index in [9.17, 15) is 18.5 Å². The van der Waals surface area contributed by atoms with E-state index in [-0.39, 0.29) is 17.1 Å². The van der Waals surface area contributed by atoms with Crippen LogP contribution in [0.4, 0.5) is 5.69 Å². The van der Waals surface area contributed by atoms with Gasteiger partial charge in [0.25, 0.3) is 5.69 Å². The lowest BCUT2D eigenvalue weighted by molar-refractivity contribution is -0.384. The Hall–Kier alpha value is -2.25. The first-order valence-corrected chi connectivity index (χ1v) is 7.67. The van der Waals surface area contributed by atoms with Crippen LogP contribution in [0, 0.1) is 17.0 Å². The number of nitro groups is 1. The van der Waals surface area contributed by atoms with Crippen LogP contribution in [-0.2, 0) is 16.6 Å². The Morgan fingerprint density at radius 2 is 1.71 bits per heavy atom. The zero-order chi connectivity index (χ0) is 15.5. The number of hydrogen-bond acceptors (Lipinski definition) is 4. The Morgan fingerprint density at radius 3 is 2.29 bits per heavy atom. The molecule has 0 aliphatic rings. The highest BCUT2D eigenvalue weighted by molar-refractivity contribution is 7.89. The van der Waals surface area contributed by atoms with Gasteiger partial charge < -0.3 is 0 Å². The summed E-state index contributed by atoms with van der Waals surface area (Å²) in [6.07, 6.45) is 0. The Balaban J connectivity index is 2.15. The molecule has 2 aromatic rings. The van der Waals surface area contributed by atoms with E-state index in [0.717, 1.165) is 11.1 Å². The quantitative estimate of drug-likeness (QED) is 0.678. The lowest BCUT2D eigenvalue weighted by atomic mass is 10.1. The van der Waals surface area contributed by atoms with E-state index < -0.39 is 14.9 Å². The van der Waals surface area contributed by atoms with Crippen LogP contribution in [-0.4, -0.2) is 13.3 Å². The van der Waals surface area contributed by atoms with Crippen LogP contribution in [0.15, 0.2) is 53.4 Å². The van der Waals surface area contributed by atoms with Crippen molar-refractivity contribution in [3.63, 3.8) is 0 Å². The number of hydrogen-bond donors (Lipinski definition) is 1. The zero-order valence-electron chi connectivity index (χ0n) is 11.3. The molecular formula is C14H14N2O4S. The first-order chi connectivity index (χ1) is 9.90. The van der Waals surface area contributed by atoms with Crippen LogP contribution in [0.5, 0.6) is 0 Å². The number of aryl methyl sites for hydroxylation is 1. The third kappa shape index (κ3) is 3.65. The van der Waals surface area contributed by atoms with E-state index in [4.69, 9.17) is 0 Å². The monoisotopic (exact) mass is 306 g/mol. The van der Waals surface area contributed by atoms with Crippen molar-refractivity contribution in [3.05, 3.63) is 69.8 Å². The number of non-ortho nitro benzene ring substituents is 1. The van der Waals surface area contributed by atoms with Gasteiger partial charge in [-0.15, -0.1) is 0 Å². The molecule has 21 heavy (non-hydrogen) atoms. The van der Waals surface area contributed by atoms with Gasteiger partial charge in [0.05, 0.1) is 9.82 Å². The minimum Gasteiger partial charge on any atom is -0.258 e. The lowest BCUT2D eigenvalue weighted by Gasteiger charge is -2.08. The fourth-order valence-electron chi connectivity index (χ4n) is 1.81. The lowest BCUT2D eigenvalue weighted by Crippen LogP contribution is -2.23. The van der Waals surface area contributed by atoms with Crippen molar-refractivity contribution in [2.24, 2.45) is 0 Å². The molecule has 110 valence electrons. The van der Waals surface area contributed by atoms with Crippen molar-refractivity contribution in [2.75, 3.05) is 0 Å². The van der Waals surface area contributed by atoms with Crippen LogP contribution in [0.2, 0.25) is 0 Å². The molecule has 0 heterocycles. The summed E-state index contributed by atoms with van der Waals surface area (Å²) in [6.45, 7) is 2.07. The number of nitrogens with one attached hydrogen (secondary N) is 1. The summed E-state index contributed by atoms with van der Waals surface area (Å²) in [6, 6.07) is 12.2. The second kappa shape index (κ2) is 6.02. The van der Waals surface area contributed by atoms with Crippen molar-refractivity contribution in [2.45, 2.75) is 18.4 Å². The van der Waals surface area contributed by atoms with Gasteiger partial charge in [-0.25, -0.2) is 13.1 Å². The largest absolute Gasteiger partial charge is 0.269 e. The minimum atomic E-state index is -3.69. The second-order valence-electron chi connectivity index (χ2n) is 4.50. The molecular weight excluding hydrogens is 292 g/mol. The van der Waals surface area contributed by atoms with Crippen LogP contribution in [0.25, 0.3) is 0 Å². The molecule has 0 saturated heterocycles. The molecule has 0 saturated carbocycles. The van der Waals surface area contributed by atoms with Gasteiger partial charge in [0, 0.05) is 18.7 Å². The minimum absolute atomic E-state index is 0.00156. The summed E-state index contributed by atoms with van der Waals surface area (Å²) in [4.78, 5) is 9.98. The Labute approximate surface area is 122 Å². The van der Waals surface area contributed by atoms with E-state index in [0.29, 0.717) is 0 Å². The normalized spacial score (nSPS) is 11.3. The van der Waals surface area contributed by atoms with Gasteiger partial charge in [-0.1, -0.05) is 24.3 Å². The molecule has 0 aliphatic carbocycles. The smallest absolute Gasteiger partial charge is 0.258 e. The summed E-state index contributed by atoms with van der Waals surface area (Å²) < 4.78 is 26.7. The van der Waals surface area contributed by atoms with E-state index in [1.807, 2.05) is 31.2 Å². The first-order valence-electron chi connectivity index (χ1n) is 6.19. The van der Waals surface area contributed by atoms with Gasteiger partial charge in [-0.3, -0.25) is 10.1 Å². The number of benzene rings is 2. The van der Waals surface area contributed by atoms with Gasteiger partial charge in [0.1, 0.15) is 0 Å². The second-order valence-corrected chi connectivity index (χ2v) is 6.27. The van der Waals surface area contributed by atoms with Crippen LogP contribution >= 0.6 is 0 Å². The van der Waals surface area contributed by atoms with Crippen LogP contribution in [0.1, 0.15) is 11.1 Å². The Bertz CT molecular complexity index is 755. The molecule has 0 atom stereocenters. The molecule has 7 heteroatoms. The van der Waals surface area contributed by atoms with Crippen LogP contribution in [0.3, 0.4) is 0 Å². The molecule has 2 rings (SSSR count). The van der Waals surface area contributed by atoms with Gasteiger partial charge in [0.2, 0.25) is 10.0 Å². The van der Waals surface area contributed by atoms with Gasteiger partial charge >= 0.3 is 0 Å². The molecule has 0 spiro atoms. The SMILES string of the molecule is Cc1ccccc1CNS(=O)(=O)c1ccc([N+](=O)[O-])cc1. The summed E-state index contributed by atoms with van der Waals surface area (Å²) in [5, 5.41) is 10.6. The molecule has 6 nitrogen and oxygen atoms in total. The van der Waals surface area contributed by atoms with E-state index in [1.165, 1.54) is 24.3 Å². The maximum atomic E-state index is 12.1. The number of nitro benzene ring substituents is 1. The highest BCUT2D eigenvalue weighted by atomic mass is 32.2. The van der Waals surface area contributed by atoms with E-state index in [2.05, 4.69) is 4.72 Å². The average Bonchev–Trinajstić information content (AvgIpc) is 2.46. The van der Waals surface area contributed by atoms with E-state index >= 15 is 0 Å². The topological polar surface area (TPSA) is 89.3 Å². The van der Waals surface area contributed by atoms with Crippen molar-refractivity contribution in [3.8, 4) is 0 Å². The summed E-state index contributed by atoms with van der Waals surface area (Å²) in [7, 11) is -3.69. The Kier molecular flexibility index (Phi) is 4.35. The predicted octanol–water partition coefficient (Wildman–Crippen LogP) is 2.38. The maximum absolute atomic E-state index is 12.1. The summed E-state index contributed by atoms with van der Waals surface area (Å²) in [5.41, 5.74) is 1.72. The number of rotatable bonds is 5. The molecule has 0 aliphatic heterocycles. The standard InChI is InChI=1S/C14H14N2O4S/c1-11-4-2-3-5-12(11)10-15-21(19,20)14-8-6-13(7-9-14)16(17)18/h2-9,15H,10H2,1H3. The fourth-order valence-corrected chi connectivity index (χ4v) is 2.82. The third-order valence-corrected chi connectivity index (χ3v) is 4.49. The summed E-state index contributed by atoms with van der Waals surface area (Å²) in [5.74, 6) is 0. The number of nitrogens with zero attached hydrogens (tertiary/aromatic N) is 1. The van der Waals surface area contributed by atoms with Crippen molar-refractivity contribution in [1.82, 2.24) is 4.72 Å². The van der Waals surface area contributed by atoms with Gasteiger partial charge in [0.15, 0.2) is 0 Å². The van der Waals surface area contributed by atoms with Crippen LogP contribution < -0.4 is 4.72 Å². The molecule has 1 N–H and O–H groups in total. The zero-order valence-corrected chi connectivity index (χ0v) is 12.1.